The first kappa shape index (κ1) is 37.8. The topological polar surface area (TPSA) is 149 Å². The highest BCUT2D eigenvalue weighted by atomic mass is 32.2. The van der Waals surface area contributed by atoms with E-state index in [4.69, 9.17) is 9.73 Å². The number of fused-ring (bicyclic) bond motifs is 10. The molecule has 10 nitrogen and oxygen atoms in total. The molecule has 1 atom stereocenters. The van der Waals surface area contributed by atoms with Gasteiger partial charge in [-0.1, -0.05) is 127 Å². The van der Waals surface area contributed by atoms with E-state index in [2.05, 4.69) is 76.6 Å². The summed E-state index contributed by atoms with van der Waals surface area (Å²) in [6, 6.07) is 50.7. The van der Waals surface area contributed by atoms with Crippen LogP contribution in [-0.2, 0) is 26.2 Å². The zero-order chi connectivity index (χ0) is 43.8. The predicted octanol–water partition coefficient (Wildman–Crippen LogP) is 9.39. The third-order valence-corrected chi connectivity index (χ3v) is 14.6. The molecule has 2 spiro atoms. The van der Waals surface area contributed by atoms with E-state index in [1.165, 1.54) is 0 Å². The molecule has 0 amide bonds. The van der Waals surface area contributed by atoms with Gasteiger partial charge in [0.15, 0.2) is 11.3 Å². The molecule has 1 unspecified atom stereocenters. The largest absolute Gasteiger partial charge is 0.506 e. The Morgan fingerprint density at radius 1 is 0.585 bits per heavy atom. The summed E-state index contributed by atoms with van der Waals surface area (Å²) in [6.07, 6.45) is 0.702. The molecule has 5 N–H and O–H groups in total. The first-order valence-electron chi connectivity index (χ1n) is 21.7. The first-order chi connectivity index (χ1) is 31.6. The lowest BCUT2D eigenvalue weighted by molar-refractivity contribution is -0.109. The van der Waals surface area contributed by atoms with E-state index in [1.807, 2.05) is 91.0 Å². The molecule has 316 valence electrons. The van der Waals surface area contributed by atoms with Crippen LogP contribution in [0.1, 0.15) is 40.7 Å². The van der Waals surface area contributed by atoms with Gasteiger partial charge < -0.3 is 25.8 Å². The Morgan fingerprint density at radius 3 is 1.91 bits per heavy atom. The van der Waals surface area contributed by atoms with E-state index in [-0.39, 0.29) is 41.5 Å². The Kier molecular flexibility index (Phi) is 7.79. The zero-order valence-electron chi connectivity index (χ0n) is 34.6. The van der Waals surface area contributed by atoms with Crippen LogP contribution in [0.15, 0.2) is 162 Å². The normalized spacial score (nSPS) is 18.6. The average Bonchev–Trinajstić information content (AvgIpc) is 3.72. The highest BCUT2D eigenvalue weighted by molar-refractivity contribution is 7.85. The van der Waals surface area contributed by atoms with Gasteiger partial charge in [-0.05, 0) is 70.1 Å². The molecular formula is C54H38N4O6S. The molecule has 13 rings (SSSR count). The summed E-state index contributed by atoms with van der Waals surface area (Å²) in [6.45, 7) is 0.257. The predicted molar refractivity (Wildman–Crippen MR) is 254 cm³/mol. The third kappa shape index (κ3) is 5.27. The molecule has 11 heteroatoms. The van der Waals surface area contributed by atoms with Crippen LogP contribution < -0.4 is 31.3 Å². The van der Waals surface area contributed by atoms with Crippen molar-refractivity contribution in [3.05, 3.63) is 196 Å². The zero-order valence-corrected chi connectivity index (χ0v) is 35.5. The van der Waals surface area contributed by atoms with Crippen LogP contribution in [-0.4, -0.2) is 36.2 Å². The smallest absolute Gasteiger partial charge is 0.264 e. The summed E-state index contributed by atoms with van der Waals surface area (Å²) in [4.78, 5) is 20.7. The number of hydrogen-bond donors (Lipinski definition) is 5. The number of Topliss-reactive ketones (excluding diaryl/α,β-unsaturated/α-hetero) is 1. The number of ketones is 1. The quantitative estimate of drug-likeness (QED) is 0.0780. The second-order valence-corrected chi connectivity index (χ2v) is 18.9. The van der Waals surface area contributed by atoms with Gasteiger partial charge in [0.05, 0.1) is 34.6 Å². The van der Waals surface area contributed by atoms with Crippen molar-refractivity contribution in [2.75, 3.05) is 28.3 Å². The Labute approximate surface area is 373 Å². The van der Waals surface area contributed by atoms with Gasteiger partial charge >= 0.3 is 0 Å². The van der Waals surface area contributed by atoms with Crippen molar-refractivity contribution >= 4 is 65.7 Å². The molecule has 5 aliphatic rings. The van der Waals surface area contributed by atoms with Gasteiger partial charge in [0.25, 0.3) is 10.1 Å². The van der Waals surface area contributed by atoms with Crippen molar-refractivity contribution in [3.63, 3.8) is 0 Å². The van der Waals surface area contributed by atoms with Crippen LogP contribution in [0, 0.1) is 0 Å². The fourth-order valence-corrected chi connectivity index (χ4v) is 11.5. The maximum absolute atomic E-state index is 15.0. The van der Waals surface area contributed by atoms with Crippen molar-refractivity contribution < 1.29 is 27.6 Å². The van der Waals surface area contributed by atoms with Gasteiger partial charge in [-0.2, -0.15) is 8.42 Å². The van der Waals surface area contributed by atoms with Gasteiger partial charge in [0, 0.05) is 55.2 Å². The van der Waals surface area contributed by atoms with Crippen molar-refractivity contribution in [3.8, 4) is 28.0 Å². The number of unbranched alkanes of at least 4 members (excludes halogenated alkanes) is 1. The number of aliphatic hydroxyl groups excluding tert-OH is 1. The maximum Gasteiger partial charge on any atom is 0.264 e. The number of benzene rings is 8. The molecular weight excluding hydrogens is 833 g/mol. The van der Waals surface area contributed by atoms with E-state index >= 15 is 4.79 Å². The van der Waals surface area contributed by atoms with E-state index in [0.29, 0.717) is 28.3 Å². The fraction of sp³-hybridized carbons (Fsp3) is 0.111. The summed E-state index contributed by atoms with van der Waals surface area (Å²) in [5.41, 5.74) is 9.78. The van der Waals surface area contributed by atoms with Crippen LogP contribution in [0.5, 0.6) is 5.75 Å². The van der Waals surface area contributed by atoms with Crippen molar-refractivity contribution in [2.24, 2.45) is 4.99 Å². The molecule has 0 bridgehead atoms. The number of nitrogens with one attached hydrogen (secondary N) is 3. The Hall–Kier alpha value is -7.73. The minimum absolute atomic E-state index is 0.0857. The number of anilines is 3. The number of allylic oxidation sites excluding steroid dienone is 2. The molecule has 8 aromatic rings. The summed E-state index contributed by atoms with van der Waals surface area (Å²) < 4.78 is 37.9. The number of aliphatic hydroxyl groups is 1. The van der Waals surface area contributed by atoms with E-state index in [1.54, 1.807) is 0 Å². The molecule has 3 aliphatic carbocycles. The molecule has 0 aromatic heterocycles. The summed E-state index contributed by atoms with van der Waals surface area (Å²) in [7, 11) is -4.05. The average molecular weight is 871 g/mol. The van der Waals surface area contributed by atoms with Crippen LogP contribution in [0.4, 0.5) is 17.1 Å². The molecule has 0 saturated carbocycles. The van der Waals surface area contributed by atoms with Gasteiger partial charge in [0.1, 0.15) is 11.5 Å². The molecule has 65 heavy (non-hydrogen) atoms. The van der Waals surface area contributed by atoms with Gasteiger partial charge in [-0.15, -0.1) is 0 Å². The van der Waals surface area contributed by atoms with Gasteiger partial charge in [-0.25, -0.2) is 4.99 Å². The van der Waals surface area contributed by atoms with Gasteiger partial charge in [-0.3, -0.25) is 9.35 Å². The number of hydrogen-bond acceptors (Lipinski definition) is 9. The highest BCUT2D eigenvalue weighted by Crippen LogP contribution is 2.56. The Balaban J connectivity index is 0.987. The molecule has 0 radical (unpaired) electrons. The molecule has 0 fully saturated rings. The summed E-state index contributed by atoms with van der Waals surface area (Å²) in [5.74, 6) is -0.0994. The molecule has 2 aliphatic heterocycles. The molecule has 2 heterocycles. The lowest BCUT2D eigenvalue weighted by Gasteiger charge is -2.41. The monoisotopic (exact) mass is 870 g/mol. The van der Waals surface area contributed by atoms with Crippen LogP contribution in [0.2, 0.25) is 0 Å². The number of carbonyl (C=O) groups is 1. The first-order valence-corrected chi connectivity index (χ1v) is 23.3. The molecule has 8 aromatic carbocycles. The van der Waals surface area contributed by atoms with Crippen molar-refractivity contribution in [1.29, 1.82) is 0 Å². The van der Waals surface area contributed by atoms with Crippen molar-refractivity contribution in [2.45, 2.75) is 24.2 Å². The lowest BCUT2D eigenvalue weighted by Crippen LogP contribution is -2.45. The lowest BCUT2D eigenvalue weighted by atomic mass is 9.79. The van der Waals surface area contributed by atoms with E-state index in [0.717, 1.165) is 83.1 Å². The Morgan fingerprint density at radius 2 is 1.20 bits per heavy atom. The Bertz CT molecular complexity index is 3720. The number of carbonyl (C=O) groups excluding carboxylic acids is 1. The van der Waals surface area contributed by atoms with Crippen LogP contribution in [0.3, 0.4) is 0 Å². The van der Waals surface area contributed by atoms with Crippen LogP contribution in [0.25, 0.3) is 54.9 Å². The van der Waals surface area contributed by atoms with E-state index < -0.39 is 21.4 Å². The standard InChI is InChI=1S/C54H38N4O6S/c59-51-47(37-24-21-30-11-9-19-43-45(30)49(37)57-53(55-43)39-16-4-1-13-33(39)34-14-2-5-17-40(34)53)52(60)48(51)38-25-22-31-12-10-20-44-46(31)50(38)58-54(56-44)41-18-6-3-15-35(41)36-26-23-32(29-42(36)54)64-27-7-8-28-65(61,62)63/h1-6,9-26,29,55-57,59H,7-8,27-28H2,(H,61,62,63). The highest BCUT2D eigenvalue weighted by Gasteiger charge is 2.49. The summed E-state index contributed by atoms with van der Waals surface area (Å²) >= 11 is 0. The number of rotatable bonds is 7. The number of nitrogens with zero attached hydrogens (tertiary/aromatic N) is 1. The second kappa shape index (κ2) is 13.4. The summed E-state index contributed by atoms with van der Waals surface area (Å²) in [5, 5.41) is 28.9. The van der Waals surface area contributed by atoms with E-state index in [9.17, 15) is 18.1 Å². The third-order valence-electron chi connectivity index (χ3n) is 13.8. The molecule has 0 saturated heterocycles. The SMILES string of the molecule is O=C1C(c2ccc3cccc4c3c2NC2(N4)c3ccccc3-c3ccccc32)=C(O)C1=c1ccc2cccc3c2c1=NC1(N3)c2ccccc2-c2ccc(OCCCCS(=O)(=O)O)cc21. The van der Waals surface area contributed by atoms with Crippen molar-refractivity contribution in [1.82, 2.24) is 0 Å². The fourth-order valence-electron chi connectivity index (χ4n) is 11.0. The minimum atomic E-state index is -4.05. The van der Waals surface area contributed by atoms with Gasteiger partial charge in [0.2, 0.25) is 5.78 Å². The maximum atomic E-state index is 15.0. The van der Waals surface area contributed by atoms with Crippen LogP contribution >= 0.6 is 0 Å². The number of ether oxygens (including phenoxy) is 1. The second-order valence-electron chi connectivity index (χ2n) is 17.3. The minimum Gasteiger partial charge on any atom is -0.506 e.